The molecule has 0 atom stereocenters. The van der Waals surface area contributed by atoms with Crippen LogP contribution < -0.4 is 15.0 Å². The Kier molecular flexibility index (Phi) is 5.24. The predicted molar refractivity (Wildman–Crippen MR) is 80.3 cm³/mol. The van der Waals surface area contributed by atoms with E-state index >= 15 is 0 Å². The van der Waals surface area contributed by atoms with E-state index in [0.29, 0.717) is 13.1 Å². The van der Waals surface area contributed by atoms with E-state index < -0.39 is 0 Å². The number of para-hydroxylation sites is 2. The summed E-state index contributed by atoms with van der Waals surface area (Å²) in [7, 11) is 1.70. The topological polar surface area (TPSA) is 44.8 Å². The summed E-state index contributed by atoms with van der Waals surface area (Å²) in [5, 5.41) is 2.84. The van der Waals surface area contributed by atoms with E-state index in [0.717, 1.165) is 37.6 Å². The third kappa shape index (κ3) is 3.63. The highest BCUT2D eigenvalue weighted by atomic mass is 16.5. The molecule has 0 spiro atoms. The Balaban J connectivity index is 1.89. The largest absolute Gasteiger partial charge is 0.495 e. The lowest BCUT2D eigenvalue weighted by molar-refractivity contribution is -0.122. The molecular formula is C15H23N3O2. The number of hydrogen-bond donors (Lipinski definition) is 1. The molecule has 1 fully saturated rings. The van der Waals surface area contributed by atoms with E-state index in [4.69, 9.17) is 4.74 Å². The van der Waals surface area contributed by atoms with Gasteiger partial charge in [-0.1, -0.05) is 12.1 Å². The molecule has 110 valence electrons. The number of rotatable bonds is 5. The number of ether oxygens (including phenoxy) is 1. The van der Waals surface area contributed by atoms with Crippen molar-refractivity contribution in [2.24, 2.45) is 0 Å². The molecule has 1 N–H and O–H groups in total. The number of nitrogens with zero attached hydrogens (tertiary/aromatic N) is 2. The molecule has 1 heterocycles. The van der Waals surface area contributed by atoms with Crippen molar-refractivity contribution in [3.63, 3.8) is 0 Å². The smallest absolute Gasteiger partial charge is 0.234 e. The molecule has 0 radical (unpaired) electrons. The Morgan fingerprint density at radius 1 is 1.25 bits per heavy atom. The van der Waals surface area contributed by atoms with Gasteiger partial charge >= 0.3 is 0 Å². The van der Waals surface area contributed by atoms with Crippen LogP contribution in [0.15, 0.2) is 24.3 Å². The number of anilines is 1. The zero-order valence-corrected chi connectivity index (χ0v) is 12.3. The maximum absolute atomic E-state index is 11.6. The van der Waals surface area contributed by atoms with Gasteiger partial charge < -0.3 is 15.0 Å². The van der Waals surface area contributed by atoms with Gasteiger partial charge in [0.2, 0.25) is 5.91 Å². The first-order valence-electron chi connectivity index (χ1n) is 7.11. The third-order valence-electron chi connectivity index (χ3n) is 3.54. The number of benzene rings is 1. The summed E-state index contributed by atoms with van der Waals surface area (Å²) < 4.78 is 5.40. The maximum Gasteiger partial charge on any atom is 0.234 e. The number of likely N-dealkylation sites (N-methyl/N-ethyl adjacent to an activating group) is 1. The number of nitrogens with one attached hydrogen (secondary N) is 1. The van der Waals surface area contributed by atoms with Crippen LogP contribution in [0.4, 0.5) is 5.69 Å². The van der Waals surface area contributed by atoms with Gasteiger partial charge in [-0.2, -0.15) is 0 Å². The maximum atomic E-state index is 11.6. The first-order valence-corrected chi connectivity index (χ1v) is 7.11. The normalized spacial score (nSPS) is 16.0. The van der Waals surface area contributed by atoms with Crippen molar-refractivity contribution >= 4 is 11.6 Å². The monoisotopic (exact) mass is 277 g/mol. The van der Waals surface area contributed by atoms with Gasteiger partial charge in [0.1, 0.15) is 5.75 Å². The second-order valence-electron chi connectivity index (χ2n) is 4.89. The predicted octanol–water partition coefficient (Wildman–Crippen LogP) is 0.953. The van der Waals surface area contributed by atoms with Crippen LogP contribution in [0.3, 0.4) is 0 Å². The van der Waals surface area contributed by atoms with E-state index in [1.165, 1.54) is 0 Å². The third-order valence-corrected chi connectivity index (χ3v) is 3.54. The lowest BCUT2D eigenvalue weighted by Gasteiger charge is -2.36. The van der Waals surface area contributed by atoms with E-state index in [1.807, 2.05) is 25.1 Å². The zero-order chi connectivity index (χ0) is 14.4. The summed E-state index contributed by atoms with van der Waals surface area (Å²) >= 11 is 0. The van der Waals surface area contributed by atoms with E-state index in [2.05, 4.69) is 21.2 Å². The molecule has 0 aromatic heterocycles. The van der Waals surface area contributed by atoms with Crippen molar-refractivity contribution in [3.05, 3.63) is 24.3 Å². The molecule has 1 aromatic carbocycles. The van der Waals surface area contributed by atoms with Crippen molar-refractivity contribution in [2.75, 3.05) is 51.3 Å². The number of carbonyl (C=O) groups is 1. The fourth-order valence-electron chi connectivity index (χ4n) is 2.49. The Morgan fingerprint density at radius 2 is 1.95 bits per heavy atom. The van der Waals surface area contributed by atoms with Crippen LogP contribution >= 0.6 is 0 Å². The van der Waals surface area contributed by atoms with Gasteiger partial charge in [0.15, 0.2) is 0 Å². The molecule has 5 nitrogen and oxygen atoms in total. The molecule has 1 aliphatic rings. The molecule has 1 saturated heterocycles. The van der Waals surface area contributed by atoms with Crippen LogP contribution in [0.1, 0.15) is 6.92 Å². The summed E-state index contributed by atoms with van der Waals surface area (Å²) in [6, 6.07) is 8.07. The number of carbonyl (C=O) groups excluding carboxylic acids is 1. The minimum atomic E-state index is 0.109. The second-order valence-corrected chi connectivity index (χ2v) is 4.89. The number of amides is 1. The Bertz CT molecular complexity index is 442. The average molecular weight is 277 g/mol. The molecule has 5 heteroatoms. The van der Waals surface area contributed by atoms with Gasteiger partial charge in [0, 0.05) is 32.7 Å². The molecular weight excluding hydrogens is 254 g/mol. The van der Waals surface area contributed by atoms with Crippen molar-refractivity contribution < 1.29 is 9.53 Å². The van der Waals surface area contributed by atoms with E-state index in [9.17, 15) is 4.79 Å². The zero-order valence-electron chi connectivity index (χ0n) is 12.3. The van der Waals surface area contributed by atoms with E-state index in [-0.39, 0.29) is 5.91 Å². The Hall–Kier alpha value is -1.75. The summed E-state index contributed by atoms with van der Waals surface area (Å²) in [5.74, 6) is 1.02. The summed E-state index contributed by atoms with van der Waals surface area (Å²) in [6.45, 7) is 6.76. The number of piperazine rings is 1. The van der Waals surface area contributed by atoms with Crippen molar-refractivity contribution in [1.82, 2.24) is 10.2 Å². The molecule has 1 aliphatic heterocycles. The SMILES string of the molecule is CCNC(=O)CN1CCN(c2ccccc2OC)CC1. The number of hydrogen-bond acceptors (Lipinski definition) is 4. The minimum absolute atomic E-state index is 0.109. The molecule has 2 rings (SSSR count). The van der Waals surface area contributed by atoms with E-state index in [1.54, 1.807) is 7.11 Å². The molecule has 20 heavy (non-hydrogen) atoms. The summed E-state index contributed by atoms with van der Waals surface area (Å²) in [4.78, 5) is 16.1. The van der Waals surface area contributed by atoms with Gasteiger partial charge in [-0.3, -0.25) is 9.69 Å². The van der Waals surface area contributed by atoms with Gasteiger partial charge in [-0.15, -0.1) is 0 Å². The van der Waals surface area contributed by atoms with Crippen molar-refractivity contribution in [2.45, 2.75) is 6.92 Å². The lowest BCUT2D eigenvalue weighted by Crippen LogP contribution is -2.49. The minimum Gasteiger partial charge on any atom is -0.495 e. The Morgan fingerprint density at radius 3 is 2.60 bits per heavy atom. The highest BCUT2D eigenvalue weighted by Crippen LogP contribution is 2.28. The summed E-state index contributed by atoms with van der Waals surface area (Å²) in [5.41, 5.74) is 1.13. The molecule has 0 bridgehead atoms. The summed E-state index contributed by atoms with van der Waals surface area (Å²) in [6.07, 6.45) is 0. The van der Waals surface area contributed by atoms with Crippen LogP contribution in [0.2, 0.25) is 0 Å². The Labute approximate surface area is 120 Å². The van der Waals surface area contributed by atoms with Crippen LogP contribution in [0, 0.1) is 0 Å². The highest BCUT2D eigenvalue weighted by Gasteiger charge is 2.20. The average Bonchev–Trinajstić information content (AvgIpc) is 2.48. The second kappa shape index (κ2) is 7.14. The number of methoxy groups -OCH3 is 1. The molecule has 0 unspecified atom stereocenters. The molecule has 1 amide bonds. The van der Waals surface area contributed by atoms with Crippen LogP contribution in [-0.2, 0) is 4.79 Å². The lowest BCUT2D eigenvalue weighted by atomic mass is 10.2. The van der Waals surface area contributed by atoms with Gasteiger partial charge in [-0.05, 0) is 19.1 Å². The van der Waals surface area contributed by atoms with Crippen molar-refractivity contribution in [3.8, 4) is 5.75 Å². The van der Waals surface area contributed by atoms with Crippen LogP contribution in [0.5, 0.6) is 5.75 Å². The van der Waals surface area contributed by atoms with Gasteiger partial charge in [-0.25, -0.2) is 0 Å². The molecule has 0 saturated carbocycles. The quantitative estimate of drug-likeness (QED) is 0.870. The van der Waals surface area contributed by atoms with Crippen LogP contribution in [0.25, 0.3) is 0 Å². The van der Waals surface area contributed by atoms with Crippen LogP contribution in [-0.4, -0.2) is 57.2 Å². The first kappa shape index (κ1) is 14.7. The van der Waals surface area contributed by atoms with Gasteiger partial charge in [0.25, 0.3) is 0 Å². The highest BCUT2D eigenvalue weighted by molar-refractivity contribution is 5.78. The fraction of sp³-hybridized carbons (Fsp3) is 0.533. The van der Waals surface area contributed by atoms with Crippen molar-refractivity contribution in [1.29, 1.82) is 0 Å². The standard InChI is InChI=1S/C15H23N3O2/c1-3-16-15(19)12-17-8-10-18(11-9-17)13-6-4-5-7-14(13)20-2/h4-7H,3,8-12H2,1-2H3,(H,16,19). The molecule has 1 aromatic rings. The first-order chi connectivity index (χ1) is 9.74. The molecule has 0 aliphatic carbocycles. The fourth-order valence-corrected chi connectivity index (χ4v) is 2.49. The van der Waals surface area contributed by atoms with Gasteiger partial charge in [0.05, 0.1) is 19.3 Å².